The first kappa shape index (κ1) is 17.1. The van der Waals surface area contributed by atoms with Gasteiger partial charge in [-0.15, -0.1) is 11.8 Å². The second-order valence-electron chi connectivity index (χ2n) is 5.24. The summed E-state index contributed by atoms with van der Waals surface area (Å²) in [6.45, 7) is 8.28. The predicted molar refractivity (Wildman–Crippen MR) is 92.2 cm³/mol. The van der Waals surface area contributed by atoms with E-state index in [1.165, 1.54) is 11.1 Å². The van der Waals surface area contributed by atoms with Gasteiger partial charge in [-0.2, -0.15) is 0 Å². The third-order valence-corrected chi connectivity index (χ3v) is 5.47. The molecule has 0 aliphatic rings. The van der Waals surface area contributed by atoms with E-state index in [0.717, 1.165) is 26.4 Å². The molecular weight excluding hydrogens is 364 g/mol. The Morgan fingerprint density at radius 2 is 2.00 bits per heavy atom. The number of benzene rings is 1. The molecule has 1 aromatic heterocycles. The van der Waals surface area contributed by atoms with E-state index in [1.54, 1.807) is 11.8 Å². The maximum Gasteiger partial charge on any atom is 0.230 e. The minimum absolute atomic E-state index is 0.00460. The molecule has 0 unspecified atom stereocenters. The number of thioether (sulfide) groups is 1. The lowest BCUT2D eigenvalue weighted by Gasteiger charge is -2.09. The van der Waals surface area contributed by atoms with Crippen molar-refractivity contribution in [3.63, 3.8) is 0 Å². The second kappa shape index (κ2) is 7.33. The van der Waals surface area contributed by atoms with Crippen molar-refractivity contribution in [2.45, 2.75) is 39.1 Å². The van der Waals surface area contributed by atoms with Gasteiger partial charge in [0.05, 0.1) is 11.4 Å². The highest BCUT2D eigenvalue weighted by Gasteiger charge is 2.11. The lowest BCUT2D eigenvalue weighted by molar-refractivity contribution is -0.118. The number of carbonyl (C=O) groups is 1. The normalized spacial score (nSPS) is 10.8. The molecule has 6 heteroatoms. The van der Waals surface area contributed by atoms with Gasteiger partial charge in [0, 0.05) is 21.5 Å². The molecule has 1 heterocycles. The number of nitrogens with one attached hydrogen (secondary N) is 1. The fraction of sp³-hybridized carbons (Fsp3) is 0.375. The molecule has 1 aromatic carbocycles. The molecule has 1 N–H and O–H groups in total. The highest BCUT2D eigenvalue weighted by Crippen LogP contribution is 2.28. The summed E-state index contributed by atoms with van der Waals surface area (Å²) in [7, 11) is 0. The molecule has 118 valence electrons. The van der Waals surface area contributed by atoms with Crippen LogP contribution in [-0.2, 0) is 11.3 Å². The molecule has 4 nitrogen and oxygen atoms in total. The van der Waals surface area contributed by atoms with Crippen LogP contribution in [0.15, 0.2) is 26.0 Å². The zero-order chi connectivity index (χ0) is 16.3. The van der Waals surface area contributed by atoms with E-state index < -0.39 is 0 Å². The SMILES string of the molecule is Cc1cc(SCC(=O)NCc2c(C)noc2C)c(C)cc1Br. The van der Waals surface area contributed by atoms with Crippen LogP contribution in [0.3, 0.4) is 0 Å². The molecule has 0 fully saturated rings. The standard InChI is InChI=1S/C16H19BrN2O2S/c1-9-6-15(10(2)5-14(9)17)22-8-16(20)18-7-13-11(3)19-21-12(13)4/h5-6H,7-8H2,1-4H3,(H,18,20). The smallest absolute Gasteiger partial charge is 0.230 e. The molecule has 2 rings (SSSR count). The fourth-order valence-electron chi connectivity index (χ4n) is 2.05. The molecule has 2 aromatic rings. The maximum atomic E-state index is 12.0. The highest BCUT2D eigenvalue weighted by atomic mass is 79.9. The van der Waals surface area contributed by atoms with Crippen molar-refractivity contribution in [2.75, 3.05) is 5.75 Å². The largest absolute Gasteiger partial charge is 0.361 e. The summed E-state index contributed by atoms with van der Waals surface area (Å²) in [5, 5.41) is 6.79. The van der Waals surface area contributed by atoms with Crippen LogP contribution in [0.1, 0.15) is 28.1 Å². The summed E-state index contributed by atoms with van der Waals surface area (Å²) in [5.41, 5.74) is 4.11. The number of hydrogen-bond acceptors (Lipinski definition) is 4. The Morgan fingerprint density at radius 3 is 2.64 bits per heavy atom. The number of amides is 1. The van der Waals surface area contributed by atoms with E-state index in [0.29, 0.717) is 12.3 Å². The molecule has 0 radical (unpaired) electrons. The van der Waals surface area contributed by atoms with Gasteiger partial charge in [-0.05, 0) is 51.0 Å². The molecule has 1 amide bonds. The molecule has 0 aliphatic heterocycles. The zero-order valence-electron chi connectivity index (χ0n) is 13.1. The van der Waals surface area contributed by atoms with E-state index >= 15 is 0 Å². The Hall–Kier alpha value is -1.27. The van der Waals surface area contributed by atoms with Crippen molar-refractivity contribution in [2.24, 2.45) is 0 Å². The van der Waals surface area contributed by atoms with Crippen LogP contribution in [0, 0.1) is 27.7 Å². The minimum Gasteiger partial charge on any atom is -0.361 e. The van der Waals surface area contributed by atoms with Crippen molar-refractivity contribution >= 4 is 33.6 Å². The molecule has 0 saturated carbocycles. The van der Waals surface area contributed by atoms with Gasteiger partial charge >= 0.3 is 0 Å². The monoisotopic (exact) mass is 382 g/mol. The third-order valence-electron chi connectivity index (χ3n) is 3.46. The lowest BCUT2D eigenvalue weighted by atomic mass is 10.2. The van der Waals surface area contributed by atoms with Crippen LogP contribution in [0.5, 0.6) is 0 Å². The number of hydrogen-bond donors (Lipinski definition) is 1. The van der Waals surface area contributed by atoms with Gasteiger partial charge in [0.1, 0.15) is 5.76 Å². The Morgan fingerprint density at radius 1 is 1.27 bits per heavy atom. The van der Waals surface area contributed by atoms with Crippen LogP contribution < -0.4 is 5.32 Å². The van der Waals surface area contributed by atoms with Gasteiger partial charge in [-0.25, -0.2) is 0 Å². The van der Waals surface area contributed by atoms with Crippen LogP contribution in [-0.4, -0.2) is 16.8 Å². The van der Waals surface area contributed by atoms with Crippen molar-refractivity contribution in [3.05, 3.63) is 44.7 Å². The Balaban J connectivity index is 1.90. The number of aromatic nitrogens is 1. The van der Waals surface area contributed by atoms with Crippen molar-refractivity contribution in [3.8, 4) is 0 Å². The van der Waals surface area contributed by atoms with E-state index in [2.05, 4.69) is 38.5 Å². The van der Waals surface area contributed by atoms with Crippen molar-refractivity contribution in [1.82, 2.24) is 10.5 Å². The molecule has 0 aliphatic carbocycles. The highest BCUT2D eigenvalue weighted by molar-refractivity contribution is 9.10. The first-order valence-corrected chi connectivity index (χ1v) is 8.74. The van der Waals surface area contributed by atoms with E-state index in [-0.39, 0.29) is 5.91 Å². The van der Waals surface area contributed by atoms with E-state index in [1.807, 2.05) is 27.7 Å². The molecule has 0 spiro atoms. The van der Waals surface area contributed by atoms with Crippen LogP contribution in [0.2, 0.25) is 0 Å². The number of nitrogens with zero attached hydrogens (tertiary/aromatic N) is 1. The number of carbonyl (C=O) groups excluding carboxylic acids is 1. The van der Waals surface area contributed by atoms with Gasteiger partial charge in [0.25, 0.3) is 0 Å². The quantitative estimate of drug-likeness (QED) is 0.791. The molecule has 0 atom stereocenters. The maximum absolute atomic E-state index is 12.0. The van der Waals surface area contributed by atoms with Gasteiger partial charge in [-0.3, -0.25) is 4.79 Å². The average molecular weight is 383 g/mol. The second-order valence-corrected chi connectivity index (χ2v) is 7.11. The molecular formula is C16H19BrN2O2S. The zero-order valence-corrected chi connectivity index (χ0v) is 15.5. The third kappa shape index (κ3) is 4.14. The van der Waals surface area contributed by atoms with Gasteiger partial charge in [0.2, 0.25) is 5.91 Å². The summed E-state index contributed by atoms with van der Waals surface area (Å²) < 4.78 is 6.18. The van der Waals surface area contributed by atoms with Crippen molar-refractivity contribution < 1.29 is 9.32 Å². The van der Waals surface area contributed by atoms with Crippen LogP contribution in [0.25, 0.3) is 0 Å². The van der Waals surface area contributed by atoms with Gasteiger partial charge in [0.15, 0.2) is 0 Å². The summed E-state index contributed by atoms with van der Waals surface area (Å²) in [6, 6.07) is 4.19. The summed E-state index contributed by atoms with van der Waals surface area (Å²) in [4.78, 5) is 13.1. The van der Waals surface area contributed by atoms with E-state index in [9.17, 15) is 4.79 Å². The molecule has 0 saturated heterocycles. The number of rotatable bonds is 5. The average Bonchev–Trinajstić information content (AvgIpc) is 2.78. The number of aryl methyl sites for hydroxylation is 4. The Kier molecular flexibility index (Phi) is 5.69. The van der Waals surface area contributed by atoms with Crippen LogP contribution in [0.4, 0.5) is 0 Å². The Labute approximate surface area is 143 Å². The first-order chi connectivity index (χ1) is 10.4. The predicted octanol–water partition coefficient (Wildman–Crippen LogP) is 4.08. The molecule has 22 heavy (non-hydrogen) atoms. The number of halogens is 1. The summed E-state index contributed by atoms with van der Waals surface area (Å²) >= 11 is 5.07. The van der Waals surface area contributed by atoms with Gasteiger partial charge < -0.3 is 9.84 Å². The minimum atomic E-state index is 0.00460. The van der Waals surface area contributed by atoms with Crippen LogP contribution >= 0.6 is 27.7 Å². The lowest BCUT2D eigenvalue weighted by Crippen LogP contribution is -2.25. The van der Waals surface area contributed by atoms with Gasteiger partial charge in [-0.1, -0.05) is 21.1 Å². The fourth-order valence-corrected chi connectivity index (χ4v) is 3.44. The van der Waals surface area contributed by atoms with E-state index in [4.69, 9.17) is 4.52 Å². The topological polar surface area (TPSA) is 55.1 Å². The summed E-state index contributed by atoms with van der Waals surface area (Å²) in [6.07, 6.45) is 0. The summed E-state index contributed by atoms with van der Waals surface area (Å²) in [5.74, 6) is 1.15. The Bertz CT molecular complexity index is 678. The van der Waals surface area contributed by atoms with Crippen molar-refractivity contribution in [1.29, 1.82) is 0 Å². The molecule has 0 bridgehead atoms. The first-order valence-electron chi connectivity index (χ1n) is 6.96.